The minimum absolute atomic E-state index is 0.245. The molecule has 5 nitrogen and oxygen atoms in total. The van der Waals surface area contributed by atoms with Gasteiger partial charge in [-0.1, -0.05) is 15.9 Å². The molecule has 30 heavy (non-hydrogen) atoms. The third-order valence-electron chi connectivity index (χ3n) is 4.37. The Bertz CT molecular complexity index is 1170. The molecule has 3 aromatic carbocycles. The fourth-order valence-electron chi connectivity index (χ4n) is 2.88. The molecule has 1 aromatic heterocycles. The van der Waals surface area contributed by atoms with Crippen LogP contribution in [0.5, 0.6) is 11.5 Å². The van der Waals surface area contributed by atoms with E-state index in [0.717, 1.165) is 15.8 Å². The van der Waals surface area contributed by atoms with E-state index in [1.54, 1.807) is 18.2 Å². The fraction of sp³-hybridized carbons (Fsp3) is 0.0435. The first kappa shape index (κ1) is 19.8. The van der Waals surface area contributed by atoms with Crippen LogP contribution >= 0.6 is 15.9 Å². The van der Waals surface area contributed by atoms with Gasteiger partial charge in [-0.15, -0.1) is 0 Å². The van der Waals surface area contributed by atoms with Crippen LogP contribution in [0, 0.1) is 5.82 Å². The van der Waals surface area contributed by atoms with E-state index in [0.29, 0.717) is 17.1 Å². The summed E-state index contributed by atoms with van der Waals surface area (Å²) in [5, 5.41) is 4.52. The fourth-order valence-corrected chi connectivity index (χ4v) is 3.15. The number of esters is 1. The van der Waals surface area contributed by atoms with Crippen molar-refractivity contribution in [3.05, 3.63) is 94.8 Å². The van der Waals surface area contributed by atoms with Gasteiger partial charge in [0, 0.05) is 10.0 Å². The Labute approximate surface area is 180 Å². The molecule has 0 spiro atoms. The zero-order chi connectivity index (χ0) is 21.1. The summed E-state index contributed by atoms with van der Waals surface area (Å²) in [5.41, 5.74) is 2.17. The number of hydrogen-bond donors (Lipinski definition) is 0. The highest BCUT2D eigenvalue weighted by atomic mass is 79.9. The average Bonchev–Trinajstić information content (AvgIpc) is 3.21. The van der Waals surface area contributed by atoms with E-state index in [2.05, 4.69) is 21.0 Å². The Morgan fingerprint density at radius 3 is 2.13 bits per heavy atom. The lowest BCUT2D eigenvalue weighted by atomic mass is 10.1. The number of carbonyl (C=O) groups is 1. The van der Waals surface area contributed by atoms with Crippen molar-refractivity contribution in [1.82, 2.24) is 9.78 Å². The van der Waals surface area contributed by atoms with Gasteiger partial charge in [0.05, 0.1) is 18.5 Å². The van der Waals surface area contributed by atoms with Crippen molar-refractivity contribution < 1.29 is 18.7 Å². The van der Waals surface area contributed by atoms with Crippen molar-refractivity contribution in [2.24, 2.45) is 0 Å². The topological polar surface area (TPSA) is 53.4 Å². The largest absolute Gasteiger partial charge is 0.464 e. The molecule has 4 rings (SSSR count). The highest BCUT2D eigenvalue weighted by molar-refractivity contribution is 9.10. The maximum atomic E-state index is 13.3. The summed E-state index contributed by atoms with van der Waals surface area (Å²) in [6.45, 7) is 0. The zero-order valence-corrected chi connectivity index (χ0v) is 17.5. The molecule has 0 N–H and O–H groups in total. The van der Waals surface area contributed by atoms with E-state index in [4.69, 9.17) is 9.47 Å². The highest BCUT2D eigenvalue weighted by Gasteiger charge is 2.18. The van der Waals surface area contributed by atoms with Crippen LogP contribution in [0.25, 0.3) is 16.9 Å². The van der Waals surface area contributed by atoms with E-state index in [1.807, 2.05) is 48.5 Å². The number of rotatable bonds is 5. The summed E-state index contributed by atoms with van der Waals surface area (Å²) in [7, 11) is 1.30. The predicted octanol–water partition coefficient (Wildman–Crippen LogP) is 6.02. The van der Waals surface area contributed by atoms with E-state index in [1.165, 1.54) is 23.9 Å². The van der Waals surface area contributed by atoms with Crippen molar-refractivity contribution in [3.8, 4) is 28.4 Å². The SMILES string of the molecule is COC(=O)c1cc(-c2ccc(Oc3ccc(Br)cc3)cc2)nn1-c1ccc(F)cc1. The smallest absolute Gasteiger partial charge is 0.356 e. The number of ether oxygens (including phenoxy) is 2. The molecule has 0 radical (unpaired) electrons. The number of benzene rings is 3. The summed E-state index contributed by atoms with van der Waals surface area (Å²) in [6.07, 6.45) is 0. The highest BCUT2D eigenvalue weighted by Crippen LogP contribution is 2.27. The van der Waals surface area contributed by atoms with Gasteiger partial charge >= 0.3 is 5.97 Å². The number of aromatic nitrogens is 2. The molecule has 0 saturated carbocycles. The van der Waals surface area contributed by atoms with E-state index >= 15 is 0 Å². The molecule has 0 atom stereocenters. The first-order valence-corrected chi connectivity index (χ1v) is 9.81. The average molecular weight is 467 g/mol. The standard InChI is InChI=1S/C23H16BrFN2O3/c1-29-23(28)22-14-21(26-27(22)18-8-6-17(25)7-9-18)15-2-10-19(11-3-15)30-20-12-4-16(24)5-13-20/h2-14H,1H3. The van der Waals surface area contributed by atoms with Gasteiger partial charge in [0.2, 0.25) is 0 Å². The van der Waals surface area contributed by atoms with Gasteiger partial charge in [0.15, 0.2) is 5.69 Å². The lowest BCUT2D eigenvalue weighted by Gasteiger charge is -2.06. The summed E-state index contributed by atoms with van der Waals surface area (Å²) in [6, 6.07) is 22.3. The van der Waals surface area contributed by atoms with Crippen molar-refractivity contribution in [2.45, 2.75) is 0 Å². The predicted molar refractivity (Wildman–Crippen MR) is 115 cm³/mol. The zero-order valence-electron chi connectivity index (χ0n) is 15.9. The van der Waals surface area contributed by atoms with Gasteiger partial charge in [0.25, 0.3) is 0 Å². The van der Waals surface area contributed by atoms with Crippen molar-refractivity contribution in [1.29, 1.82) is 0 Å². The molecule has 1 heterocycles. The van der Waals surface area contributed by atoms with Crippen LogP contribution in [-0.4, -0.2) is 22.9 Å². The Morgan fingerprint density at radius 1 is 0.933 bits per heavy atom. The van der Waals surface area contributed by atoms with Crippen LogP contribution < -0.4 is 4.74 Å². The van der Waals surface area contributed by atoms with E-state index in [-0.39, 0.29) is 11.5 Å². The molecule has 0 aliphatic heterocycles. The van der Waals surface area contributed by atoms with Crippen molar-refractivity contribution in [3.63, 3.8) is 0 Å². The first-order valence-electron chi connectivity index (χ1n) is 9.01. The second-order valence-electron chi connectivity index (χ2n) is 6.37. The molecule has 0 saturated heterocycles. The van der Waals surface area contributed by atoms with Gasteiger partial charge in [-0.2, -0.15) is 5.10 Å². The van der Waals surface area contributed by atoms with E-state index in [9.17, 15) is 9.18 Å². The summed E-state index contributed by atoms with van der Waals surface area (Å²) >= 11 is 3.39. The monoisotopic (exact) mass is 466 g/mol. The Morgan fingerprint density at radius 2 is 1.53 bits per heavy atom. The number of carbonyl (C=O) groups excluding carboxylic acids is 1. The third-order valence-corrected chi connectivity index (χ3v) is 4.90. The van der Waals surface area contributed by atoms with Gasteiger partial charge < -0.3 is 9.47 Å². The Hall–Kier alpha value is -3.45. The van der Waals surface area contributed by atoms with E-state index < -0.39 is 5.97 Å². The van der Waals surface area contributed by atoms with Crippen LogP contribution in [0.15, 0.2) is 83.3 Å². The number of methoxy groups -OCH3 is 1. The minimum atomic E-state index is -0.534. The summed E-state index contributed by atoms with van der Waals surface area (Å²) < 4.78 is 26.4. The number of nitrogens with zero attached hydrogens (tertiary/aromatic N) is 2. The molecule has 0 unspecified atom stereocenters. The van der Waals surface area contributed by atoms with Gasteiger partial charge in [-0.3, -0.25) is 0 Å². The van der Waals surface area contributed by atoms with Crippen molar-refractivity contribution >= 4 is 21.9 Å². The molecular formula is C23H16BrFN2O3. The Balaban J connectivity index is 1.64. The summed E-state index contributed by atoms with van der Waals surface area (Å²) in [4.78, 5) is 12.2. The van der Waals surface area contributed by atoms with Crippen LogP contribution in [0.3, 0.4) is 0 Å². The van der Waals surface area contributed by atoms with Gasteiger partial charge in [-0.05, 0) is 78.9 Å². The minimum Gasteiger partial charge on any atom is -0.464 e. The Kier molecular flexibility index (Phi) is 5.63. The second kappa shape index (κ2) is 8.51. The maximum Gasteiger partial charge on any atom is 0.356 e. The third kappa shape index (κ3) is 4.26. The molecule has 4 aromatic rings. The molecule has 7 heteroatoms. The van der Waals surface area contributed by atoms with Gasteiger partial charge in [0.1, 0.15) is 17.3 Å². The molecule has 0 aliphatic carbocycles. The van der Waals surface area contributed by atoms with Gasteiger partial charge in [-0.25, -0.2) is 13.9 Å². The maximum absolute atomic E-state index is 13.3. The first-order chi connectivity index (χ1) is 14.5. The normalized spacial score (nSPS) is 10.6. The quantitative estimate of drug-likeness (QED) is 0.337. The molecule has 0 aliphatic rings. The number of hydrogen-bond acceptors (Lipinski definition) is 4. The molecule has 150 valence electrons. The van der Waals surface area contributed by atoms with Crippen LogP contribution in [0.2, 0.25) is 0 Å². The van der Waals surface area contributed by atoms with Crippen LogP contribution in [-0.2, 0) is 4.74 Å². The van der Waals surface area contributed by atoms with Crippen LogP contribution in [0.1, 0.15) is 10.5 Å². The number of halogens is 2. The molecule has 0 amide bonds. The second-order valence-corrected chi connectivity index (χ2v) is 7.29. The molecule has 0 bridgehead atoms. The van der Waals surface area contributed by atoms with Crippen LogP contribution in [0.4, 0.5) is 4.39 Å². The lowest BCUT2D eigenvalue weighted by Crippen LogP contribution is -2.10. The molecular weight excluding hydrogens is 451 g/mol. The lowest BCUT2D eigenvalue weighted by molar-refractivity contribution is 0.0590. The van der Waals surface area contributed by atoms with Crippen molar-refractivity contribution in [2.75, 3.05) is 7.11 Å². The summed E-state index contributed by atoms with van der Waals surface area (Å²) in [5.74, 6) is 0.493. The molecule has 0 fully saturated rings.